The van der Waals surface area contributed by atoms with Gasteiger partial charge in [-0.3, -0.25) is 8.37 Å². The second-order valence-electron chi connectivity index (χ2n) is 4.48. The van der Waals surface area contributed by atoms with E-state index in [-0.39, 0.29) is 11.8 Å². The van der Waals surface area contributed by atoms with Gasteiger partial charge < -0.3 is 0 Å². The van der Waals surface area contributed by atoms with E-state index in [4.69, 9.17) is 8.37 Å². The van der Waals surface area contributed by atoms with Crippen molar-refractivity contribution in [3.8, 4) is 0 Å². The van der Waals surface area contributed by atoms with Crippen LogP contribution in [0.3, 0.4) is 0 Å². The van der Waals surface area contributed by atoms with Crippen LogP contribution in [0.1, 0.15) is 6.42 Å². The van der Waals surface area contributed by atoms with Gasteiger partial charge in [0.1, 0.15) is 12.2 Å². The molecule has 8 heteroatoms. The minimum absolute atomic E-state index is 0.0959. The molecule has 2 bridgehead atoms. The molecule has 98 valence electrons. The Morgan fingerprint density at radius 3 is 1.53 bits per heavy atom. The summed E-state index contributed by atoms with van der Waals surface area (Å²) in [6, 6.07) is 0. The zero-order chi connectivity index (χ0) is 12.8. The molecule has 0 aromatic heterocycles. The average Bonchev–Trinajstić information content (AvgIpc) is 2.63. The van der Waals surface area contributed by atoms with Gasteiger partial charge >= 0.3 is 0 Å². The molecular formula is C9H14O6S2. The van der Waals surface area contributed by atoms with Crippen molar-refractivity contribution in [1.29, 1.82) is 0 Å². The lowest BCUT2D eigenvalue weighted by Crippen LogP contribution is -2.37. The summed E-state index contributed by atoms with van der Waals surface area (Å²) in [4.78, 5) is 0. The summed E-state index contributed by atoms with van der Waals surface area (Å²) in [6.45, 7) is 0. The second-order valence-corrected chi connectivity index (χ2v) is 7.68. The molecule has 0 N–H and O–H groups in total. The lowest BCUT2D eigenvalue weighted by atomic mass is 10.0. The predicted octanol–water partition coefficient (Wildman–Crippen LogP) is -0.118. The van der Waals surface area contributed by atoms with Crippen LogP contribution in [0.5, 0.6) is 0 Å². The maximum atomic E-state index is 11.1. The summed E-state index contributed by atoms with van der Waals surface area (Å²) in [6.07, 6.45) is 4.77. The lowest BCUT2D eigenvalue weighted by molar-refractivity contribution is 0.0570. The van der Waals surface area contributed by atoms with Crippen molar-refractivity contribution in [2.45, 2.75) is 18.6 Å². The Bertz CT molecular complexity index is 484. The number of hydrogen-bond donors (Lipinski definition) is 0. The van der Waals surface area contributed by atoms with Crippen LogP contribution in [-0.2, 0) is 28.6 Å². The summed E-state index contributed by atoms with van der Waals surface area (Å²) in [5, 5.41) is 0. The first-order valence-corrected chi connectivity index (χ1v) is 8.74. The first kappa shape index (κ1) is 13.0. The van der Waals surface area contributed by atoms with Gasteiger partial charge in [-0.2, -0.15) is 16.8 Å². The summed E-state index contributed by atoms with van der Waals surface area (Å²) in [5.74, 6) is -0.192. The Balaban J connectivity index is 2.21. The summed E-state index contributed by atoms with van der Waals surface area (Å²) in [7, 11) is -7.25. The number of hydrogen-bond acceptors (Lipinski definition) is 6. The summed E-state index contributed by atoms with van der Waals surface area (Å²) >= 11 is 0. The molecule has 1 fully saturated rings. The van der Waals surface area contributed by atoms with E-state index in [1.165, 1.54) is 0 Å². The first-order chi connectivity index (χ1) is 7.66. The molecule has 0 aromatic carbocycles. The maximum absolute atomic E-state index is 11.1. The summed E-state index contributed by atoms with van der Waals surface area (Å²) in [5.41, 5.74) is 0. The minimum atomic E-state index is -3.63. The van der Waals surface area contributed by atoms with Crippen LogP contribution in [0, 0.1) is 11.8 Å². The number of rotatable bonds is 4. The van der Waals surface area contributed by atoms with E-state index in [1.54, 1.807) is 0 Å². The fraction of sp³-hybridized carbons (Fsp3) is 0.778. The number of fused-ring (bicyclic) bond motifs is 2. The van der Waals surface area contributed by atoms with Gasteiger partial charge in [-0.05, 0) is 6.42 Å². The van der Waals surface area contributed by atoms with Crippen molar-refractivity contribution in [2.75, 3.05) is 12.5 Å². The average molecular weight is 282 g/mol. The molecule has 0 spiro atoms. The van der Waals surface area contributed by atoms with E-state index in [0.717, 1.165) is 12.5 Å². The van der Waals surface area contributed by atoms with Gasteiger partial charge in [-0.1, -0.05) is 12.2 Å². The third kappa shape index (κ3) is 3.06. The van der Waals surface area contributed by atoms with E-state index in [0.29, 0.717) is 6.42 Å². The Labute approximate surface area is 101 Å². The third-order valence-corrected chi connectivity index (χ3v) is 4.03. The van der Waals surface area contributed by atoms with E-state index in [1.807, 2.05) is 12.2 Å². The molecule has 4 unspecified atom stereocenters. The molecule has 0 aromatic rings. The first-order valence-electron chi connectivity index (χ1n) is 5.10. The van der Waals surface area contributed by atoms with Crippen LogP contribution in [0.15, 0.2) is 12.2 Å². The normalized spacial score (nSPS) is 36.6. The van der Waals surface area contributed by atoms with Gasteiger partial charge in [-0.25, -0.2) is 0 Å². The molecule has 2 aliphatic rings. The highest BCUT2D eigenvalue weighted by molar-refractivity contribution is 7.86. The smallest absolute Gasteiger partial charge is 0.264 e. The largest absolute Gasteiger partial charge is 0.264 e. The van der Waals surface area contributed by atoms with Crippen molar-refractivity contribution in [1.82, 2.24) is 0 Å². The summed E-state index contributed by atoms with van der Waals surface area (Å²) < 4.78 is 54.3. The molecule has 0 aliphatic heterocycles. The van der Waals surface area contributed by atoms with Crippen LogP contribution in [-0.4, -0.2) is 41.6 Å². The SMILES string of the molecule is CS(=O)(=O)OC1C2C=CC(C2)C1OS(C)(=O)=O. The van der Waals surface area contributed by atoms with Crippen LogP contribution >= 0.6 is 0 Å². The Hall–Kier alpha value is -0.440. The van der Waals surface area contributed by atoms with E-state index < -0.39 is 32.4 Å². The van der Waals surface area contributed by atoms with Gasteiger partial charge in [0.25, 0.3) is 20.2 Å². The molecule has 6 nitrogen and oxygen atoms in total. The minimum Gasteiger partial charge on any atom is -0.264 e. The fourth-order valence-corrected chi connectivity index (χ4v) is 3.70. The highest BCUT2D eigenvalue weighted by Gasteiger charge is 2.49. The van der Waals surface area contributed by atoms with Crippen molar-refractivity contribution in [3.63, 3.8) is 0 Å². The Morgan fingerprint density at radius 2 is 1.24 bits per heavy atom. The molecule has 1 saturated carbocycles. The van der Waals surface area contributed by atoms with E-state index >= 15 is 0 Å². The molecule has 0 radical (unpaired) electrons. The van der Waals surface area contributed by atoms with Crippen LogP contribution < -0.4 is 0 Å². The molecular weight excluding hydrogens is 268 g/mol. The fourth-order valence-electron chi connectivity index (χ4n) is 2.39. The van der Waals surface area contributed by atoms with Crippen LogP contribution in [0.25, 0.3) is 0 Å². The van der Waals surface area contributed by atoms with Gasteiger partial charge in [0.15, 0.2) is 0 Å². The van der Waals surface area contributed by atoms with Crippen LogP contribution in [0.4, 0.5) is 0 Å². The Morgan fingerprint density at radius 1 is 0.882 bits per heavy atom. The lowest BCUT2D eigenvalue weighted by Gasteiger charge is -2.25. The van der Waals surface area contributed by atoms with Crippen molar-refractivity contribution >= 4 is 20.2 Å². The molecule has 4 atom stereocenters. The van der Waals surface area contributed by atoms with E-state index in [2.05, 4.69) is 0 Å². The van der Waals surface area contributed by atoms with E-state index in [9.17, 15) is 16.8 Å². The monoisotopic (exact) mass is 282 g/mol. The third-order valence-electron chi connectivity index (χ3n) is 2.89. The van der Waals surface area contributed by atoms with Gasteiger partial charge in [0.05, 0.1) is 12.5 Å². The quantitative estimate of drug-likeness (QED) is 0.528. The maximum Gasteiger partial charge on any atom is 0.264 e. The molecule has 2 rings (SSSR count). The van der Waals surface area contributed by atoms with Crippen LogP contribution in [0.2, 0.25) is 0 Å². The zero-order valence-electron chi connectivity index (χ0n) is 9.44. The molecule has 0 saturated heterocycles. The highest BCUT2D eigenvalue weighted by Crippen LogP contribution is 2.43. The predicted molar refractivity (Wildman–Crippen MR) is 60.2 cm³/mol. The van der Waals surface area contributed by atoms with Crippen molar-refractivity contribution in [3.05, 3.63) is 12.2 Å². The van der Waals surface area contributed by atoms with Gasteiger partial charge in [0, 0.05) is 11.8 Å². The molecule has 17 heavy (non-hydrogen) atoms. The van der Waals surface area contributed by atoms with Crippen molar-refractivity contribution < 1.29 is 25.2 Å². The second kappa shape index (κ2) is 4.04. The highest BCUT2D eigenvalue weighted by atomic mass is 32.2. The van der Waals surface area contributed by atoms with Gasteiger partial charge in [0.2, 0.25) is 0 Å². The molecule has 0 amide bonds. The standard InChI is InChI=1S/C9H14O6S2/c1-16(10,11)14-8-6-3-4-7(5-6)9(8)15-17(2,12)13/h3-4,6-9H,5H2,1-2H3. The van der Waals surface area contributed by atoms with Gasteiger partial charge in [-0.15, -0.1) is 0 Å². The van der Waals surface area contributed by atoms with Crippen molar-refractivity contribution in [2.24, 2.45) is 11.8 Å². The zero-order valence-corrected chi connectivity index (χ0v) is 11.1. The molecule has 2 aliphatic carbocycles. The topological polar surface area (TPSA) is 86.7 Å². The Kier molecular flexibility index (Phi) is 3.09. The molecule has 0 heterocycles.